The van der Waals surface area contributed by atoms with Crippen LogP contribution in [-0.2, 0) is 0 Å². The summed E-state index contributed by atoms with van der Waals surface area (Å²) in [5, 5.41) is 12.3. The lowest BCUT2D eigenvalue weighted by Crippen LogP contribution is -2.39. The van der Waals surface area contributed by atoms with Crippen LogP contribution in [0.2, 0.25) is 0 Å². The molecule has 12 aromatic rings. The van der Waals surface area contributed by atoms with Crippen LogP contribution in [0.3, 0.4) is 0 Å². The summed E-state index contributed by atoms with van der Waals surface area (Å²) in [7, 11) is 0. The molecule has 3 atom stereocenters. The molecule has 6 saturated carbocycles. The standard InChI is InChI=1S/C31H35FN4O.C30H33FN4O.C29H31FN4O/c1-19(20-7-9-21(10-8-20)25-15-16-33-27-14-12-23(32)18-26(25)27)30-35-28-13-11-22(17-29(28)36-30)31(37)34-24-5-3-2-4-6-24;1-18(19-6-8-20(9-7-19)24-14-15-32-26-13-11-22(31)17-25(24)26)29-34-27-12-10-21(16-28(27)35-29)30(36)33-23-4-2-3-5-23;1-17(28-33-26-11-9-20(15-27(26)34-28)29(35)32-22-3-2-4-22)18-5-7-19(8-6-18)23-13-14-31-25-12-10-21(30)16-24(23)25/h11-21,24H,2-10H2,1H3,(H,34,37)(H,35,36);10-20,23H,2-9H2,1H3,(H,33,36)(H,34,35);9-19,22H,2-8H2,1H3,(H,32,35)(H,33,34)/t19-,20?,21?;18-,19?,20?;17-,18?,19?/m111/s1. The first-order valence-electron chi connectivity index (χ1n) is 40.2. The summed E-state index contributed by atoms with van der Waals surface area (Å²) in [6.07, 6.45) is 32.4. The van der Waals surface area contributed by atoms with E-state index in [1.54, 1.807) is 36.4 Å². The van der Waals surface area contributed by atoms with Gasteiger partial charge in [0.2, 0.25) is 0 Å². The number of halogens is 3. The molecule has 0 spiro atoms. The van der Waals surface area contributed by atoms with E-state index in [1.807, 2.05) is 73.2 Å². The third-order valence-corrected chi connectivity index (χ3v) is 25.6. The molecule has 18 heteroatoms. The number of carbonyl (C=O) groups excluding carboxylic acids is 3. The molecule has 6 heterocycles. The van der Waals surface area contributed by atoms with Gasteiger partial charge in [-0.3, -0.25) is 29.3 Å². The number of carbonyl (C=O) groups is 3. The van der Waals surface area contributed by atoms with E-state index in [0.717, 1.165) is 199 Å². The quantitative estimate of drug-likeness (QED) is 0.0575. The van der Waals surface area contributed by atoms with Crippen molar-refractivity contribution in [2.24, 2.45) is 17.8 Å². The number of nitrogens with zero attached hydrogens (tertiary/aromatic N) is 6. The second kappa shape index (κ2) is 32.2. The summed E-state index contributed by atoms with van der Waals surface area (Å²) in [6, 6.07) is 39.1. The highest BCUT2D eigenvalue weighted by molar-refractivity contribution is 5.99. The van der Waals surface area contributed by atoms with Gasteiger partial charge in [-0.25, -0.2) is 28.1 Å². The Morgan fingerprint density at radius 1 is 0.333 bits per heavy atom. The topological polar surface area (TPSA) is 212 Å². The van der Waals surface area contributed by atoms with E-state index >= 15 is 0 Å². The second-order valence-corrected chi connectivity index (χ2v) is 32.3. The van der Waals surface area contributed by atoms with Gasteiger partial charge in [-0.1, -0.05) is 52.9 Å². The molecule has 6 aromatic carbocycles. The van der Waals surface area contributed by atoms with E-state index in [4.69, 9.17) is 15.0 Å². The Morgan fingerprint density at radius 3 is 0.898 bits per heavy atom. The molecule has 6 aliphatic rings. The lowest BCUT2D eigenvalue weighted by molar-refractivity contribution is 0.0912. The third kappa shape index (κ3) is 16.0. The van der Waals surface area contributed by atoms with Gasteiger partial charge in [0.05, 0.1) is 49.7 Å². The highest BCUT2D eigenvalue weighted by Crippen LogP contribution is 2.47. The number of hydrogen-bond donors (Lipinski definition) is 6. The minimum Gasteiger partial charge on any atom is -0.349 e. The number of aromatic amines is 3. The maximum atomic E-state index is 13.9. The molecular weight excluding hydrogens is 1350 g/mol. The predicted molar refractivity (Wildman–Crippen MR) is 422 cm³/mol. The average Bonchev–Trinajstić information content (AvgIpc) is 1.64. The Labute approximate surface area is 629 Å². The lowest BCUT2D eigenvalue weighted by atomic mass is 9.73. The maximum absolute atomic E-state index is 13.9. The second-order valence-electron chi connectivity index (χ2n) is 32.3. The van der Waals surface area contributed by atoms with Crippen molar-refractivity contribution in [1.29, 1.82) is 0 Å². The minimum absolute atomic E-state index is 0.00244. The maximum Gasteiger partial charge on any atom is 0.251 e. The zero-order valence-corrected chi connectivity index (χ0v) is 62.3. The fourth-order valence-corrected chi connectivity index (χ4v) is 18.8. The molecule has 0 radical (unpaired) electrons. The van der Waals surface area contributed by atoms with Crippen molar-refractivity contribution in [3.05, 3.63) is 214 Å². The van der Waals surface area contributed by atoms with Gasteiger partial charge in [0, 0.05) is 87.3 Å². The molecule has 18 rings (SSSR count). The molecule has 558 valence electrons. The summed E-state index contributed by atoms with van der Waals surface area (Å²) >= 11 is 0. The number of amides is 3. The summed E-state index contributed by atoms with van der Waals surface area (Å²) in [5.74, 6) is 6.22. The largest absolute Gasteiger partial charge is 0.349 e. The summed E-state index contributed by atoms with van der Waals surface area (Å²) < 4.78 is 41.8. The van der Waals surface area contributed by atoms with E-state index in [0.29, 0.717) is 88.1 Å². The number of imidazole rings is 3. The first-order valence-corrected chi connectivity index (χ1v) is 40.2. The van der Waals surface area contributed by atoms with Crippen molar-refractivity contribution in [3.8, 4) is 0 Å². The van der Waals surface area contributed by atoms with E-state index in [2.05, 4.69) is 84.8 Å². The molecule has 6 aliphatic carbocycles. The fraction of sp³-hybridized carbons (Fsp3) is 0.433. The van der Waals surface area contributed by atoms with Gasteiger partial charge in [-0.2, -0.15) is 0 Å². The van der Waals surface area contributed by atoms with Gasteiger partial charge in [0.25, 0.3) is 17.7 Å². The Morgan fingerprint density at radius 2 is 0.611 bits per heavy atom. The fourth-order valence-electron chi connectivity index (χ4n) is 18.8. The van der Waals surface area contributed by atoms with Crippen LogP contribution >= 0.6 is 0 Å². The van der Waals surface area contributed by atoms with Crippen LogP contribution < -0.4 is 16.0 Å². The van der Waals surface area contributed by atoms with E-state index < -0.39 is 0 Å². The highest BCUT2D eigenvalue weighted by atomic mass is 19.1. The SMILES string of the molecule is C[C@@H](c1nc2ccc(C(=O)NC3CCC3)cc2[nH]1)C1CCC(c2ccnc3ccc(F)cc23)CC1.C[C@@H](c1nc2ccc(C(=O)NC3CCCC3)cc2[nH]1)C1CCC(c2ccnc3ccc(F)cc23)CC1.C[C@@H](c1nc2ccc(C(=O)NC3CCCCC3)cc2[nH]1)C1CCC(c2ccnc3ccc(F)cc23)CC1. The number of nitrogens with one attached hydrogen (secondary N) is 6. The molecule has 6 N–H and O–H groups in total. The molecule has 6 fully saturated rings. The molecule has 108 heavy (non-hydrogen) atoms. The van der Waals surface area contributed by atoms with Crippen LogP contribution in [0.15, 0.2) is 146 Å². The first-order chi connectivity index (χ1) is 52.6. The number of hydrogen-bond acceptors (Lipinski definition) is 9. The molecule has 0 unspecified atom stereocenters. The Kier molecular flexibility index (Phi) is 21.5. The van der Waals surface area contributed by atoms with Crippen molar-refractivity contribution >= 4 is 83.5 Å². The van der Waals surface area contributed by atoms with Crippen molar-refractivity contribution in [1.82, 2.24) is 60.8 Å². The third-order valence-electron chi connectivity index (χ3n) is 25.6. The Balaban J connectivity index is 0.000000124. The van der Waals surface area contributed by atoms with Gasteiger partial charge >= 0.3 is 0 Å². The first kappa shape index (κ1) is 72.4. The van der Waals surface area contributed by atoms with Crippen LogP contribution in [0.1, 0.15) is 276 Å². The number of aromatic nitrogens is 9. The minimum atomic E-state index is -0.206. The average molecular weight is 1450 g/mol. The summed E-state index contributed by atoms with van der Waals surface area (Å²) in [6.45, 7) is 6.77. The van der Waals surface area contributed by atoms with Crippen molar-refractivity contribution < 1.29 is 27.6 Å². The smallest absolute Gasteiger partial charge is 0.251 e. The van der Waals surface area contributed by atoms with E-state index in [1.165, 1.54) is 73.4 Å². The van der Waals surface area contributed by atoms with Crippen molar-refractivity contribution in [2.75, 3.05) is 0 Å². The number of benzene rings is 6. The van der Waals surface area contributed by atoms with Gasteiger partial charge in [-0.15, -0.1) is 0 Å². The Hall–Kier alpha value is -9.84. The van der Waals surface area contributed by atoms with Crippen LogP contribution in [0.5, 0.6) is 0 Å². The van der Waals surface area contributed by atoms with Crippen molar-refractivity contribution in [2.45, 2.75) is 229 Å². The normalized spacial score (nSPS) is 21.7. The highest BCUT2D eigenvalue weighted by Gasteiger charge is 2.34. The number of rotatable bonds is 15. The predicted octanol–water partition coefficient (Wildman–Crippen LogP) is 21.0. The molecule has 0 saturated heterocycles. The monoisotopic (exact) mass is 1450 g/mol. The van der Waals surface area contributed by atoms with Crippen molar-refractivity contribution in [3.63, 3.8) is 0 Å². The summed E-state index contributed by atoms with van der Waals surface area (Å²) in [5.41, 5.74) is 13.8. The van der Waals surface area contributed by atoms with Crippen LogP contribution in [0.25, 0.3) is 65.8 Å². The number of H-pyrrole nitrogens is 3. The zero-order valence-electron chi connectivity index (χ0n) is 62.3. The van der Waals surface area contributed by atoms with Crippen LogP contribution in [0.4, 0.5) is 13.2 Å². The van der Waals surface area contributed by atoms with Gasteiger partial charge in [-0.05, 0) is 302 Å². The van der Waals surface area contributed by atoms with Crippen LogP contribution in [-0.4, -0.2) is 80.7 Å². The van der Waals surface area contributed by atoms with E-state index in [9.17, 15) is 27.6 Å². The molecule has 0 bridgehead atoms. The number of fused-ring (bicyclic) bond motifs is 6. The van der Waals surface area contributed by atoms with Gasteiger partial charge < -0.3 is 30.9 Å². The van der Waals surface area contributed by atoms with Gasteiger partial charge in [0.1, 0.15) is 34.9 Å². The number of pyridine rings is 3. The summed E-state index contributed by atoms with van der Waals surface area (Å²) in [4.78, 5) is 76.5. The van der Waals surface area contributed by atoms with Gasteiger partial charge in [0.15, 0.2) is 0 Å². The lowest BCUT2D eigenvalue weighted by Gasteiger charge is -2.32. The molecular formula is C90H99F3N12O3. The zero-order chi connectivity index (χ0) is 73.9. The van der Waals surface area contributed by atoms with E-state index in [-0.39, 0.29) is 35.2 Å². The molecule has 0 aliphatic heterocycles. The van der Waals surface area contributed by atoms with Crippen LogP contribution in [0, 0.1) is 35.2 Å². The Bertz CT molecular complexity index is 5220. The molecule has 6 aromatic heterocycles. The molecule has 3 amide bonds. The molecule has 15 nitrogen and oxygen atoms in total.